The minimum absolute atomic E-state index is 0.217. The Kier molecular flexibility index (Phi) is 5.20. The zero-order valence-corrected chi connectivity index (χ0v) is 15.3. The quantitative estimate of drug-likeness (QED) is 0.810. The Morgan fingerprint density at radius 1 is 1.50 bits per heavy atom. The molecule has 0 unspecified atom stereocenters. The first-order valence-corrected chi connectivity index (χ1v) is 9.08. The van der Waals surface area contributed by atoms with Gasteiger partial charge in [0.2, 0.25) is 11.8 Å². The van der Waals surface area contributed by atoms with Crippen molar-refractivity contribution in [1.82, 2.24) is 20.0 Å². The van der Waals surface area contributed by atoms with E-state index < -0.39 is 0 Å². The molecule has 2 aromatic rings. The zero-order valence-electron chi connectivity index (χ0n) is 14.5. The maximum Gasteiger partial charge on any atom is 0.224 e. The van der Waals surface area contributed by atoms with Gasteiger partial charge in [0.15, 0.2) is 0 Å². The van der Waals surface area contributed by atoms with Crippen molar-refractivity contribution in [3.05, 3.63) is 33.1 Å². The van der Waals surface area contributed by atoms with E-state index in [2.05, 4.69) is 21.9 Å². The molecular weight excluding hydrogens is 324 g/mol. The van der Waals surface area contributed by atoms with E-state index in [1.165, 1.54) is 10.4 Å². The Labute approximate surface area is 146 Å². The van der Waals surface area contributed by atoms with Gasteiger partial charge in [0.25, 0.3) is 0 Å². The fraction of sp³-hybridized carbons (Fsp3) is 0.529. The average molecular weight is 348 g/mol. The second kappa shape index (κ2) is 7.36. The number of hydrogen-bond donors (Lipinski definition) is 1. The molecule has 2 aromatic heterocycles. The first-order chi connectivity index (χ1) is 11.6. The molecule has 0 fully saturated rings. The van der Waals surface area contributed by atoms with Gasteiger partial charge in [-0.3, -0.25) is 4.79 Å². The molecule has 1 aliphatic heterocycles. The van der Waals surface area contributed by atoms with Crippen molar-refractivity contribution in [2.24, 2.45) is 7.05 Å². The summed E-state index contributed by atoms with van der Waals surface area (Å²) in [5.41, 5.74) is 3.31. The third-order valence-corrected chi connectivity index (χ3v) is 5.48. The molecule has 0 bridgehead atoms. The van der Waals surface area contributed by atoms with E-state index in [1.54, 1.807) is 23.1 Å². The molecule has 130 valence electrons. The van der Waals surface area contributed by atoms with Crippen LogP contribution >= 0.6 is 11.3 Å². The van der Waals surface area contributed by atoms with E-state index in [4.69, 9.17) is 4.74 Å². The summed E-state index contributed by atoms with van der Waals surface area (Å²) in [5.74, 6) is 0.988. The molecule has 1 amide bonds. The molecule has 3 heterocycles. The highest BCUT2D eigenvalue weighted by Crippen LogP contribution is 2.24. The van der Waals surface area contributed by atoms with Crippen LogP contribution in [0, 0.1) is 6.92 Å². The van der Waals surface area contributed by atoms with Gasteiger partial charge in [-0.05, 0) is 30.4 Å². The number of fused-ring (bicyclic) bond motifs is 1. The van der Waals surface area contributed by atoms with Crippen LogP contribution in [-0.2, 0) is 31.4 Å². The van der Waals surface area contributed by atoms with Crippen molar-refractivity contribution in [2.45, 2.75) is 32.9 Å². The lowest BCUT2D eigenvalue weighted by atomic mass is 10.1. The van der Waals surface area contributed by atoms with Crippen LogP contribution in [-0.4, -0.2) is 40.8 Å². The molecule has 7 heteroatoms. The lowest BCUT2D eigenvalue weighted by Crippen LogP contribution is -2.36. The van der Waals surface area contributed by atoms with Gasteiger partial charge in [0.1, 0.15) is 0 Å². The average Bonchev–Trinajstić information content (AvgIpc) is 3.14. The smallest absolute Gasteiger partial charge is 0.224 e. The van der Waals surface area contributed by atoms with Crippen LogP contribution in [0.2, 0.25) is 0 Å². The first kappa shape index (κ1) is 17.0. The summed E-state index contributed by atoms with van der Waals surface area (Å²) in [6, 6.07) is 2.13. The SMILES string of the molecule is COc1c(CNCCC(=O)N2CCc3sccc3C2)c(C)nn1C. The number of aryl methyl sites for hydroxylation is 2. The second-order valence-electron chi connectivity index (χ2n) is 6.06. The molecule has 6 nitrogen and oxygen atoms in total. The number of carbonyl (C=O) groups is 1. The van der Waals surface area contributed by atoms with Crippen LogP contribution in [0.4, 0.5) is 0 Å². The van der Waals surface area contributed by atoms with Crippen LogP contribution < -0.4 is 10.1 Å². The predicted molar refractivity (Wildman–Crippen MR) is 94.3 cm³/mol. The van der Waals surface area contributed by atoms with E-state index >= 15 is 0 Å². The number of carbonyl (C=O) groups excluding carboxylic acids is 1. The molecule has 0 radical (unpaired) electrons. The summed E-state index contributed by atoms with van der Waals surface area (Å²) in [5, 5.41) is 9.81. The van der Waals surface area contributed by atoms with Gasteiger partial charge in [-0.25, -0.2) is 4.68 Å². The summed E-state index contributed by atoms with van der Waals surface area (Å²) in [7, 11) is 3.52. The molecule has 3 rings (SSSR count). The lowest BCUT2D eigenvalue weighted by Gasteiger charge is -2.27. The van der Waals surface area contributed by atoms with Crippen molar-refractivity contribution in [1.29, 1.82) is 0 Å². The number of methoxy groups -OCH3 is 1. The molecule has 1 aliphatic rings. The molecule has 0 saturated heterocycles. The lowest BCUT2D eigenvalue weighted by molar-refractivity contribution is -0.132. The molecule has 1 N–H and O–H groups in total. The largest absolute Gasteiger partial charge is 0.481 e. The molecule has 0 spiro atoms. The summed E-state index contributed by atoms with van der Waals surface area (Å²) in [6.07, 6.45) is 1.50. The predicted octanol–water partition coefficient (Wildman–Crippen LogP) is 1.86. The number of ether oxygens (including phenoxy) is 1. The van der Waals surface area contributed by atoms with Gasteiger partial charge < -0.3 is 15.0 Å². The Balaban J connectivity index is 1.46. The Bertz CT molecular complexity index is 722. The molecule has 0 saturated carbocycles. The summed E-state index contributed by atoms with van der Waals surface area (Å²) >= 11 is 1.79. The highest BCUT2D eigenvalue weighted by atomic mass is 32.1. The van der Waals surface area contributed by atoms with Gasteiger partial charge in [-0.1, -0.05) is 0 Å². The monoisotopic (exact) mass is 348 g/mol. The van der Waals surface area contributed by atoms with Crippen molar-refractivity contribution < 1.29 is 9.53 Å². The Morgan fingerprint density at radius 2 is 2.33 bits per heavy atom. The zero-order chi connectivity index (χ0) is 17.1. The van der Waals surface area contributed by atoms with E-state index in [1.807, 2.05) is 18.9 Å². The Morgan fingerprint density at radius 3 is 3.12 bits per heavy atom. The van der Waals surface area contributed by atoms with Crippen molar-refractivity contribution in [3.63, 3.8) is 0 Å². The fourth-order valence-corrected chi connectivity index (χ4v) is 4.06. The normalized spacial score (nSPS) is 13.9. The summed E-state index contributed by atoms with van der Waals surface area (Å²) in [4.78, 5) is 15.8. The van der Waals surface area contributed by atoms with E-state index in [0.29, 0.717) is 19.5 Å². The standard InChI is InChI=1S/C17H24N4O2S/c1-12-14(17(23-3)20(2)19-12)10-18-7-4-16(22)21-8-5-15-13(11-21)6-9-24-15/h6,9,18H,4-5,7-8,10-11H2,1-3H3. The highest BCUT2D eigenvalue weighted by molar-refractivity contribution is 7.10. The minimum Gasteiger partial charge on any atom is -0.481 e. The second-order valence-corrected chi connectivity index (χ2v) is 7.06. The van der Waals surface area contributed by atoms with Gasteiger partial charge >= 0.3 is 0 Å². The maximum atomic E-state index is 12.4. The minimum atomic E-state index is 0.217. The number of nitrogens with one attached hydrogen (secondary N) is 1. The topological polar surface area (TPSA) is 59.4 Å². The van der Waals surface area contributed by atoms with E-state index in [-0.39, 0.29) is 5.91 Å². The third kappa shape index (κ3) is 3.47. The van der Waals surface area contributed by atoms with Crippen molar-refractivity contribution in [3.8, 4) is 5.88 Å². The number of amides is 1. The van der Waals surface area contributed by atoms with Crippen LogP contribution in [0.25, 0.3) is 0 Å². The van der Waals surface area contributed by atoms with E-state index in [0.717, 1.165) is 36.6 Å². The molecule has 24 heavy (non-hydrogen) atoms. The Hall–Kier alpha value is -1.86. The third-order valence-electron chi connectivity index (χ3n) is 4.46. The number of rotatable bonds is 6. The van der Waals surface area contributed by atoms with Crippen molar-refractivity contribution >= 4 is 17.2 Å². The van der Waals surface area contributed by atoms with Crippen LogP contribution in [0.3, 0.4) is 0 Å². The number of aromatic nitrogens is 2. The first-order valence-electron chi connectivity index (χ1n) is 8.20. The van der Waals surface area contributed by atoms with Crippen LogP contribution in [0.15, 0.2) is 11.4 Å². The van der Waals surface area contributed by atoms with Crippen LogP contribution in [0.1, 0.15) is 28.1 Å². The van der Waals surface area contributed by atoms with Gasteiger partial charge in [-0.2, -0.15) is 5.10 Å². The number of hydrogen-bond acceptors (Lipinski definition) is 5. The van der Waals surface area contributed by atoms with E-state index in [9.17, 15) is 4.79 Å². The maximum absolute atomic E-state index is 12.4. The molecule has 0 aromatic carbocycles. The summed E-state index contributed by atoms with van der Waals surface area (Å²) in [6.45, 7) is 4.88. The van der Waals surface area contributed by atoms with Gasteiger partial charge in [0.05, 0.1) is 18.4 Å². The molecular formula is C17H24N4O2S. The fourth-order valence-electron chi connectivity index (χ4n) is 3.17. The van der Waals surface area contributed by atoms with Gasteiger partial charge in [-0.15, -0.1) is 11.3 Å². The number of thiophene rings is 1. The van der Waals surface area contributed by atoms with Crippen LogP contribution in [0.5, 0.6) is 5.88 Å². The summed E-state index contributed by atoms with van der Waals surface area (Å²) < 4.78 is 7.12. The molecule has 0 aliphatic carbocycles. The molecule has 0 atom stereocenters. The highest BCUT2D eigenvalue weighted by Gasteiger charge is 2.21. The number of nitrogens with zero attached hydrogens (tertiary/aromatic N) is 3. The van der Waals surface area contributed by atoms with Gasteiger partial charge in [0, 0.05) is 44.5 Å². The van der Waals surface area contributed by atoms with Crippen molar-refractivity contribution in [2.75, 3.05) is 20.2 Å².